The molecule has 20 atom stereocenters. The van der Waals surface area contributed by atoms with E-state index in [2.05, 4.69) is 95.2 Å². The molecule has 111 heavy (non-hydrogen) atoms. The van der Waals surface area contributed by atoms with Crippen LogP contribution in [0.1, 0.15) is 320 Å². The number of ether oxygens (including phenoxy) is 2. The van der Waals surface area contributed by atoms with Crippen molar-refractivity contribution in [2.75, 3.05) is 13.2 Å². The molecule has 6 unspecified atom stereocenters. The first kappa shape index (κ1) is 105. The van der Waals surface area contributed by atoms with Gasteiger partial charge in [-0.2, -0.15) is 23.9 Å². The van der Waals surface area contributed by atoms with Gasteiger partial charge in [0.2, 0.25) is 0 Å². The van der Waals surface area contributed by atoms with E-state index in [-0.39, 0.29) is 109 Å². The topological polar surface area (TPSA) is 393 Å². The number of fused-ring (bicyclic) bond motifs is 10. The van der Waals surface area contributed by atoms with Crippen LogP contribution in [0, 0.1) is 118 Å². The van der Waals surface area contributed by atoms with E-state index in [0.717, 1.165) is 116 Å². The number of rotatable bonds is 26. The molecular formula is C88H148N2O19Pt2. The van der Waals surface area contributed by atoms with E-state index in [0.29, 0.717) is 72.4 Å². The summed E-state index contributed by atoms with van der Waals surface area (Å²) >= 11 is 0. The zero-order valence-electron chi connectivity index (χ0n) is 69.5. The molecule has 644 valence electrons. The van der Waals surface area contributed by atoms with Crippen molar-refractivity contribution in [1.82, 2.24) is 0 Å². The fraction of sp³-hybridized carbons (Fsp3) is 0.830. The molecule has 8 saturated carbocycles. The Bertz CT molecular complexity index is 2690. The number of nitrogens with one attached hydrogen (secondary N) is 2. The van der Waals surface area contributed by atoms with Crippen molar-refractivity contribution in [2.24, 2.45) is 105 Å². The summed E-state index contributed by atoms with van der Waals surface area (Å²) in [6.45, 7) is 35.2. The minimum Gasteiger partial charge on any atom is -0.677 e. The van der Waals surface area contributed by atoms with Gasteiger partial charge in [0.15, 0.2) is 0 Å². The van der Waals surface area contributed by atoms with Crippen LogP contribution in [0.25, 0.3) is 11.5 Å². The largest absolute Gasteiger partial charge is 2.00 e. The number of ketones is 2. The van der Waals surface area contributed by atoms with Gasteiger partial charge in [-0.1, -0.05) is 182 Å². The number of hydrogen-bond acceptors (Lipinski definition) is 11. The van der Waals surface area contributed by atoms with E-state index in [1.54, 1.807) is 11.1 Å². The van der Waals surface area contributed by atoms with Crippen LogP contribution in [0.4, 0.5) is 0 Å². The average molecular weight is 1930 g/mol. The van der Waals surface area contributed by atoms with E-state index in [1.165, 1.54) is 154 Å². The predicted octanol–water partition coefficient (Wildman–Crippen LogP) is 19.7. The number of carbonyl (C=O) groups is 9. The number of allylic oxidation sites excluding steroid dienone is 2. The van der Waals surface area contributed by atoms with E-state index in [1.807, 2.05) is 0 Å². The van der Waals surface area contributed by atoms with Gasteiger partial charge >= 0.3 is 77.9 Å². The maximum atomic E-state index is 11.9. The molecule has 11 N–H and O–H groups in total. The second-order valence-corrected chi connectivity index (χ2v) is 36.2. The minimum absolute atomic E-state index is 0. The smallest absolute Gasteiger partial charge is 0.677 e. The van der Waals surface area contributed by atoms with Crippen molar-refractivity contribution in [3.05, 3.63) is 48.6 Å². The van der Waals surface area contributed by atoms with E-state index < -0.39 is 41.8 Å². The molecule has 10 rings (SSSR count). The Labute approximate surface area is 695 Å². The summed E-state index contributed by atoms with van der Waals surface area (Å²) in [6, 6.07) is 0.285. The third-order valence-corrected chi connectivity index (χ3v) is 27.8. The maximum Gasteiger partial charge on any atom is 2.00 e. The summed E-state index contributed by atoms with van der Waals surface area (Å²) in [7, 11) is 0. The van der Waals surface area contributed by atoms with Crippen LogP contribution in [0.2, 0.25) is 0 Å². The Hall–Kier alpha value is -3.71. The molecule has 0 spiro atoms. The van der Waals surface area contributed by atoms with Gasteiger partial charge < -0.3 is 76.0 Å². The molecule has 8 fully saturated rings. The summed E-state index contributed by atoms with van der Waals surface area (Å²) in [4.78, 5) is 90.4. The molecule has 0 amide bonds. The van der Waals surface area contributed by atoms with Crippen molar-refractivity contribution in [1.29, 1.82) is 0 Å². The van der Waals surface area contributed by atoms with Crippen molar-refractivity contribution in [3.63, 3.8) is 0 Å². The molecule has 10 aliphatic carbocycles. The van der Waals surface area contributed by atoms with Crippen LogP contribution in [-0.4, -0.2) is 132 Å². The zero-order chi connectivity index (χ0) is 80.9. The number of carboxylic acid groups (broad SMARTS) is 7. The number of hydrogen-bond donors (Lipinski definition) is 7. The fourth-order valence-corrected chi connectivity index (χ4v) is 21.8. The average Bonchev–Trinajstić information content (AvgIpc) is 1.66. The van der Waals surface area contributed by atoms with Gasteiger partial charge in [-0.05, 0) is 208 Å². The molecule has 0 aromatic carbocycles. The third-order valence-electron chi connectivity index (χ3n) is 27.8. The quantitative estimate of drug-likeness (QED) is 0.0183. The van der Waals surface area contributed by atoms with Crippen LogP contribution in [-0.2, 0) is 94.8 Å². The van der Waals surface area contributed by atoms with Crippen molar-refractivity contribution < 1.29 is 136 Å². The molecule has 21 nitrogen and oxygen atoms in total. The second kappa shape index (κ2) is 51.5. The van der Waals surface area contributed by atoms with Crippen molar-refractivity contribution in [2.45, 2.75) is 344 Å². The Balaban J connectivity index is 0.000000778. The molecule has 0 aromatic rings. The Morgan fingerprint density at radius 1 is 0.441 bits per heavy atom. The van der Waals surface area contributed by atoms with Gasteiger partial charge in [-0.25, -0.2) is 19.2 Å². The first-order chi connectivity index (χ1) is 50.7. The van der Waals surface area contributed by atoms with Gasteiger partial charge in [0.05, 0.1) is 25.0 Å². The minimum atomic E-state index is -1.82. The van der Waals surface area contributed by atoms with Crippen LogP contribution in [0.3, 0.4) is 0 Å². The standard InChI is InChI=1S/2C34H56O4.2C7H13N.2C2H2O4.C2H4O2.H2O.2Pt/c2*1-23(2)8-6-9-24(3)29-14-15-30-28-13-11-25-22-27(38-21-7-10-26(35)12-16-32(36)37)17-19-33(25,4)31(28)18-20-34(29,30)5;2*1-6-4-2-3-5-7(6)8;2*3-1(4)2(5)6;1-2(3)4;;;/h2*11,23-24,27-31H,6-10,12-22H2,1-5H3,(H,36,37);2*6-8H,1-5H2;2*(H,3,4)(H,5,6);1H3,(H,3,4);1H2;;/q;;2*-2;;;;;2*+2/t2*24-,27+,28?,29-,30?,31?,33+,34-;2*6-,7-;;;;;;/m1100....../s1. The first-order valence-electron chi connectivity index (χ1n) is 42.0. The molecule has 0 radical (unpaired) electrons. The Kier molecular flexibility index (Phi) is 48.8. The number of carbonyl (C=O) groups excluding carboxylic acids is 2. The number of Topliss-reactive ketones (excluding diaryl/α,β-unsaturated/α-hetero) is 2. The van der Waals surface area contributed by atoms with E-state index in [9.17, 15) is 19.2 Å². The molecule has 0 bridgehead atoms. The molecular weight excluding hydrogens is 1780 g/mol. The molecule has 23 heteroatoms. The van der Waals surface area contributed by atoms with Gasteiger partial charge in [0.25, 0.3) is 5.97 Å². The SMILES string of the molecule is CC(=O)O.CC(C)CCC[C@@H](C)[C@H]1CCC2C3CC=C4C[C@@H](OCCCC(=O)CCC(=O)O)CC[C@]4(C)C3CC[C@@]21C.CC(C)CCC[C@@H](C)[C@H]1CCC2C3CC=C4C[C@@H](OCCCC(=O)CCC(=O)O)CC[C@]4(C)C3CC[C@@]21C.O.O=C(O)C(=O)O.O=C(O)C(=O)O.[CH2-][C@H]1CCCC[C@@H]1[NH-].[CH2-][C@H]1CCCC[C@@H]1[NH-].[Pt+2].[Pt+2]. The van der Waals surface area contributed by atoms with Crippen molar-refractivity contribution in [3.8, 4) is 0 Å². The maximum absolute atomic E-state index is 11.9. The van der Waals surface area contributed by atoms with Gasteiger partial charge in [-0.3, -0.25) is 24.0 Å². The Morgan fingerprint density at radius 2 is 0.766 bits per heavy atom. The molecule has 0 heterocycles. The molecule has 0 saturated heterocycles. The van der Waals surface area contributed by atoms with Crippen LogP contribution in [0.5, 0.6) is 0 Å². The normalized spacial score (nSPS) is 32.2. The Morgan fingerprint density at radius 3 is 1.05 bits per heavy atom. The van der Waals surface area contributed by atoms with Crippen LogP contribution >= 0.6 is 0 Å². The van der Waals surface area contributed by atoms with E-state index in [4.69, 9.17) is 80.7 Å². The number of aliphatic carboxylic acids is 7. The summed E-state index contributed by atoms with van der Waals surface area (Å²) in [5.74, 6) is 1.42. The first-order valence-corrected chi connectivity index (χ1v) is 42.0. The summed E-state index contributed by atoms with van der Waals surface area (Å²) in [6.07, 6.45) is 47.1. The predicted molar refractivity (Wildman–Crippen MR) is 426 cm³/mol. The summed E-state index contributed by atoms with van der Waals surface area (Å²) < 4.78 is 12.5. The number of carboxylic acids is 7. The van der Waals surface area contributed by atoms with Crippen LogP contribution in [0.15, 0.2) is 23.3 Å². The van der Waals surface area contributed by atoms with Gasteiger partial charge in [-0.15, -0.1) is 0 Å². The van der Waals surface area contributed by atoms with Crippen LogP contribution < -0.4 is 0 Å². The third kappa shape index (κ3) is 33.3. The fourth-order valence-electron chi connectivity index (χ4n) is 21.8. The molecule has 0 aromatic heterocycles. The van der Waals surface area contributed by atoms with Gasteiger partial charge in [0, 0.05) is 45.8 Å². The molecule has 10 aliphatic rings. The van der Waals surface area contributed by atoms with Gasteiger partial charge in [0.1, 0.15) is 11.6 Å². The van der Waals surface area contributed by atoms with Crippen molar-refractivity contribution >= 4 is 53.4 Å². The monoisotopic (exact) mass is 1930 g/mol. The van der Waals surface area contributed by atoms with E-state index >= 15 is 0 Å². The second-order valence-electron chi connectivity index (χ2n) is 36.2. The zero-order valence-corrected chi connectivity index (χ0v) is 74.0. The molecule has 0 aliphatic heterocycles. The summed E-state index contributed by atoms with van der Waals surface area (Å²) in [5.41, 5.74) is 19.9. The summed E-state index contributed by atoms with van der Waals surface area (Å²) in [5, 5.41) is 54.5.